The van der Waals surface area contributed by atoms with Crippen molar-refractivity contribution >= 4 is 16.8 Å². The van der Waals surface area contributed by atoms with Crippen molar-refractivity contribution < 1.29 is 20.1 Å². The van der Waals surface area contributed by atoms with Crippen molar-refractivity contribution in [3.05, 3.63) is 43.0 Å². The van der Waals surface area contributed by atoms with Crippen LogP contribution in [0.4, 0.5) is 0 Å². The highest BCUT2D eigenvalue weighted by Crippen LogP contribution is 2.32. The van der Waals surface area contributed by atoms with Crippen LogP contribution in [0.2, 0.25) is 0 Å². The molecule has 4 aromatic rings. The maximum Gasteiger partial charge on any atom is 0.192 e. The molecule has 4 heterocycles. The van der Waals surface area contributed by atoms with Crippen molar-refractivity contribution in [3.63, 3.8) is 0 Å². The summed E-state index contributed by atoms with van der Waals surface area (Å²) < 4.78 is 8.83. The molecule has 0 amide bonds. The SMILES string of the molecule is OC[C@H]1O[C@@H](n2cnc3c2ncn2c(-c4ccccc4)nnc32)[C@H](O)[C@@H]1O. The molecular weight excluding hydrogens is 352 g/mol. The fourth-order valence-corrected chi connectivity index (χ4v) is 3.39. The summed E-state index contributed by atoms with van der Waals surface area (Å²) >= 11 is 0. The molecule has 1 saturated heterocycles. The van der Waals surface area contributed by atoms with Crippen molar-refractivity contribution in [3.8, 4) is 11.4 Å². The lowest BCUT2D eigenvalue weighted by Gasteiger charge is -2.16. The van der Waals surface area contributed by atoms with Gasteiger partial charge < -0.3 is 20.1 Å². The number of fused-ring (bicyclic) bond motifs is 3. The molecule has 0 radical (unpaired) electrons. The Morgan fingerprint density at radius 1 is 0.963 bits per heavy atom. The second-order valence-electron chi connectivity index (χ2n) is 6.38. The van der Waals surface area contributed by atoms with Crippen LogP contribution in [0.5, 0.6) is 0 Å². The highest BCUT2D eigenvalue weighted by Gasteiger charge is 2.44. The Kier molecular flexibility index (Phi) is 3.65. The average Bonchev–Trinajstić information content (AvgIpc) is 3.38. The minimum Gasteiger partial charge on any atom is -0.394 e. The van der Waals surface area contributed by atoms with E-state index in [0.717, 1.165) is 5.56 Å². The van der Waals surface area contributed by atoms with Gasteiger partial charge in [0.15, 0.2) is 28.9 Å². The Morgan fingerprint density at radius 3 is 2.52 bits per heavy atom. The first-order chi connectivity index (χ1) is 13.2. The van der Waals surface area contributed by atoms with Crippen LogP contribution in [0.3, 0.4) is 0 Å². The van der Waals surface area contributed by atoms with Crippen LogP contribution in [-0.4, -0.2) is 69.4 Å². The number of rotatable bonds is 3. The topological polar surface area (TPSA) is 131 Å². The fraction of sp³-hybridized carbons (Fsp3) is 0.294. The number of hydrogen-bond acceptors (Lipinski definition) is 8. The predicted molar refractivity (Wildman–Crippen MR) is 92.5 cm³/mol. The van der Waals surface area contributed by atoms with Gasteiger partial charge in [-0.2, -0.15) is 0 Å². The molecule has 10 nitrogen and oxygen atoms in total. The number of aliphatic hydroxyl groups excluding tert-OH is 3. The van der Waals surface area contributed by atoms with Gasteiger partial charge in [-0.05, 0) is 0 Å². The van der Waals surface area contributed by atoms with Gasteiger partial charge in [0, 0.05) is 5.56 Å². The first kappa shape index (κ1) is 16.3. The highest BCUT2D eigenvalue weighted by atomic mass is 16.6. The van der Waals surface area contributed by atoms with Crippen LogP contribution >= 0.6 is 0 Å². The predicted octanol–water partition coefficient (Wildman–Crippen LogP) is -0.248. The standard InChI is InChI=1S/C17H16N6O4/c24-6-10-12(25)13(26)17(27-10)23-7-18-11-15(23)19-8-22-14(20-21-16(11)22)9-4-2-1-3-5-9/h1-5,7-8,10,12-13,17,24-26H,6H2/t10-,12-,13-,17-/m1/s1. The summed E-state index contributed by atoms with van der Waals surface area (Å²) in [5, 5.41) is 38.0. The molecule has 0 bridgehead atoms. The summed E-state index contributed by atoms with van der Waals surface area (Å²) in [5.74, 6) is 0.641. The number of hydrogen-bond donors (Lipinski definition) is 3. The number of aliphatic hydroxyl groups is 3. The van der Waals surface area contributed by atoms with E-state index in [0.29, 0.717) is 22.6 Å². The van der Waals surface area contributed by atoms with E-state index in [1.165, 1.54) is 10.9 Å². The lowest BCUT2D eigenvalue weighted by molar-refractivity contribution is -0.0511. The van der Waals surface area contributed by atoms with Gasteiger partial charge in [0.1, 0.15) is 24.6 Å². The third-order valence-corrected chi connectivity index (χ3v) is 4.79. The Bertz CT molecular complexity index is 1110. The van der Waals surface area contributed by atoms with Gasteiger partial charge in [0.25, 0.3) is 0 Å². The Labute approximate surface area is 152 Å². The lowest BCUT2D eigenvalue weighted by Crippen LogP contribution is -2.33. The molecule has 1 aliphatic heterocycles. The zero-order valence-electron chi connectivity index (χ0n) is 14.0. The first-order valence-corrected chi connectivity index (χ1v) is 8.43. The van der Waals surface area contributed by atoms with Crippen LogP contribution in [-0.2, 0) is 4.74 Å². The second-order valence-corrected chi connectivity index (χ2v) is 6.38. The average molecular weight is 368 g/mol. The quantitative estimate of drug-likeness (QED) is 0.451. The molecule has 138 valence electrons. The maximum absolute atomic E-state index is 10.3. The first-order valence-electron chi connectivity index (χ1n) is 8.43. The molecule has 3 aromatic heterocycles. The van der Waals surface area contributed by atoms with Crippen molar-refractivity contribution in [2.45, 2.75) is 24.5 Å². The molecule has 1 aromatic carbocycles. The molecule has 0 saturated carbocycles. The second kappa shape index (κ2) is 6.06. The molecule has 0 spiro atoms. The summed E-state index contributed by atoms with van der Waals surface area (Å²) in [4.78, 5) is 8.78. The molecule has 1 fully saturated rings. The fourth-order valence-electron chi connectivity index (χ4n) is 3.39. The zero-order valence-corrected chi connectivity index (χ0v) is 14.0. The van der Waals surface area contributed by atoms with Crippen molar-refractivity contribution in [2.24, 2.45) is 0 Å². The molecule has 3 N–H and O–H groups in total. The van der Waals surface area contributed by atoms with E-state index in [1.807, 2.05) is 30.3 Å². The van der Waals surface area contributed by atoms with Crippen LogP contribution in [0.15, 0.2) is 43.0 Å². The molecule has 0 unspecified atom stereocenters. The third kappa shape index (κ3) is 2.35. The summed E-state index contributed by atoms with van der Waals surface area (Å²) in [6.07, 6.45) is -1.14. The summed E-state index contributed by atoms with van der Waals surface area (Å²) in [6, 6.07) is 9.61. The van der Waals surface area contributed by atoms with Gasteiger partial charge in [-0.3, -0.25) is 8.97 Å². The Morgan fingerprint density at radius 2 is 1.78 bits per heavy atom. The number of nitrogens with zero attached hydrogens (tertiary/aromatic N) is 6. The normalized spacial score (nSPS) is 25.6. The smallest absolute Gasteiger partial charge is 0.192 e. The lowest BCUT2D eigenvalue weighted by atomic mass is 10.1. The Hall–Kier alpha value is -2.92. The minimum atomic E-state index is -1.21. The van der Waals surface area contributed by atoms with Gasteiger partial charge in [-0.15, -0.1) is 10.2 Å². The molecule has 1 aliphatic rings. The van der Waals surface area contributed by atoms with Gasteiger partial charge in [0.2, 0.25) is 0 Å². The molecule has 5 rings (SSSR count). The van der Waals surface area contributed by atoms with Crippen molar-refractivity contribution in [2.75, 3.05) is 6.61 Å². The largest absolute Gasteiger partial charge is 0.394 e. The monoisotopic (exact) mass is 368 g/mol. The summed E-state index contributed by atoms with van der Waals surface area (Å²) in [6.45, 7) is -0.399. The van der Waals surface area contributed by atoms with E-state index >= 15 is 0 Å². The van der Waals surface area contributed by atoms with E-state index in [-0.39, 0.29) is 0 Å². The number of benzene rings is 1. The van der Waals surface area contributed by atoms with E-state index in [4.69, 9.17) is 4.74 Å². The Balaban J connectivity index is 1.62. The summed E-state index contributed by atoms with van der Waals surface area (Å²) in [7, 11) is 0. The van der Waals surface area contributed by atoms with E-state index in [1.54, 1.807) is 10.7 Å². The molecular formula is C17H16N6O4. The van der Waals surface area contributed by atoms with Crippen LogP contribution in [0.25, 0.3) is 28.2 Å². The van der Waals surface area contributed by atoms with Crippen LogP contribution in [0.1, 0.15) is 6.23 Å². The number of imidazole rings is 1. The zero-order chi connectivity index (χ0) is 18.5. The molecule has 27 heavy (non-hydrogen) atoms. The summed E-state index contributed by atoms with van der Waals surface area (Å²) in [5.41, 5.74) is 2.34. The van der Waals surface area contributed by atoms with E-state index in [9.17, 15) is 15.3 Å². The maximum atomic E-state index is 10.3. The van der Waals surface area contributed by atoms with Gasteiger partial charge in [0.05, 0.1) is 12.9 Å². The highest BCUT2D eigenvalue weighted by molar-refractivity contribution is 5.86. The van der Waals surface area contributed by atoms with E-state index in [2.05, 4.69) is 20.2 Å². The van der Waals surface area contributed by atoms with Gasteiger partial charge >= 0.3 is 0 Å². The number of aromatic nitrogens is 6. The van der Waals surface area contributed by atoms with Gasteiger partial charge in [-0.1, -0.05) is 30.3 Å². The number of ether oxygens (including phenoxy) is 1. The van der Waals surface area contributed by atoms with Crippen LogP contribution < -0.4 is 0 Å². The van der Waals surface area contributed by atoms with Crippen molar-refractivity contribution in [1.82, 2.24) is 29.1 Å². The molecule has 10 heteroatoms. The van der Waals surface area contributed by atoms with Gasteiger partial charge in [-0.25, -0.2) is 9.97 Å². The third-order valence-electron chi connectivity index (χ3n) is 4.79. The van der Waals surface area contributed by atoms with Crippen LogP contribution in [0, 0.1) is 0 Å². The van der Waals surface area contributed by atoms with Crippen molar-refractivity contribution in [1.29, 1.82) is 0 Å². The van der Waals surface area contributed by atoms with E-state index < -0.39 is 31.1 Å². The molecule has 4 atom stereocenters. The minimum absolute atomic E-state index is 0.399. The molecule has 0 aliphatic carbocycles.